The summed E-state index contributed by atoms with van der Waals surface area (Å²) >= 11 is 1.52. The van der Waals surface area contributed by atoms with Crippen molar-refractivity contribution in [3.05, 3.63) is 48.0 Å². The third-order valence-electron chi connectivity index (χ3n) is 4.17. The van der Waals surface area contributed by atoms with Gasteiger partial charge in [0.25, 0.3) is 0 Å². The zero-order valence-electron chi connectivity index (χ0n) is 17.2. The largest absolute Gasteiger partial charge is 0.497 e. The van der Waals surface area contributed by atoms with Gasteiger partial charge < -0.3 is 19.5 Å². The number of methoxy groups -OCH3 is 1. The molecule has 2 rings (SSSR count). The summed E-state index contributed by atoms with van der Waals surface area (Å²) in [5.41, 5.74) is 0.974. The SMILES string of the molecule is CCOc1ccc([C@@H](C)NC(=O)[C@H](C)Sc2ccc(OC)cc2)cc1OCC. The predicted octanol–water partition coefficient (Wildman–Crippen LogP) is 4.85. The van der Waals surface area contributed by atoms with Crippen LogP contribution in [0.15, 0.2) is 47.4 Å². The van der Waals surface area contributed by atoms with E-state index in [1.54, 1.807) is 7.11 Å². The second-order valence-corrected chi connectivity index (χ2v) is 7.65. The molecule has 0 aliphatic carbocycles. The molecule has 1 amide bonds. The number of ether oxygens (including phenoxy) is 3. The van der Waals surface area contributed by atoms with E-state index in [4.69, 9.17) is 14.2 Å². The van der Waals surface area contributed by atoms with Crippen molar-refractivity contribution >= 4 is 17.7 Å². The summed E-state index contributed by atoms with van der Waals surface area (Å²) in [6.45, 7) is 8.88. The summed E-state index contributed by atoms with van der Waals surface area (Å²) in [5.74, 6) is 2.20. The topological polar surface area (TPSA) is 56.8 Å². The van der Waals surface area contributed by atoms with Gasteiger partial charge in [0.15, 0.2) is 11.5 Å². The zero-order chi connectivity index (χ0) is 20.5. The molecule has 0 fully saturated rings. The van der Waals surface area contributed by atoms with Gasteiger partial charge in [-0.15, -0.1) is 11.8 Å². The monoisotopic (exact) mass is 403 g/mol. The van der Waals surface area contributed by atoms with E-state index in [1.807, 2.05) is 70.2 Å². The number of hydrogen-bond acceptors (Lipinski definition) is 5. The van der Waals surface area contributed by atoms with Crippen molar-refractivity contribution in [1.29, 1.82) is 0 Å². The van der Waals surface area contributed by atoms with E-state index in [0.717, 1.165) is 22.0 Å². The first-order valence-corrected chi connectivity index (χ1v) is 10.4. The van der Waals surface area contributed by atoms with E-state index in [0.29, 0.717) is 19.0 Å². The summed E-state index contributed by atoms with van der Waals surface area (Å²) in [7, 11) is 1.64. The second-order valence-electron chi connectivity index (χ2n) is 6.24. The Morgan fingerprint density at radius 2 is 1.64 bits per heavy atom. The van der Waals surface area contributed by atoms with Gasteiger partial charge in [-0.2, -0.15) is 0 Å². The molecule has 2 atom stereocenters. The average molecular weight is 404 g/mol. The van der Waals surface area contributed by atoms with Gasteiger partial charge in [-0.1, -0.05) is 6.07 Å². The number of hydrogen-bond donors (Lipinski definition) is 1. The van der Waals surface area contributed by atoms with Gasteiger partial charge in [-0.05, 0) is 69.7 Å². The highest BCUT2D eigenvalue weighted by Crippen LogP contribution is 2.31. The Labute approximate surface area is 171 Å². The van der Waals surface area contributed by atoms with Crippen LogP contribution in [-0.2, 0) is 4.79 Å². The van der Waals surface area contributed by atoms with Gasteiger partial charge in [-0.25, -0.2) is 0 Å². The molecule has 0 heterocycles. The van der Waals surface area contributed by atoms with Crippen LogP contribution in [0.2, 0.25) is 0 Å². The molecule has 0 saturated heterocycles. The summed E-state index contributed by atoms with van der Waals surface area (Å²) in [5, 5.41) is 2.86. The minimum Gasteiger partial charge on any atom is -0.497 e. The summed E-state index contributed by atoms with van der Waals surface area (Å²) < 4.78 is 16.4. The maximum Gasteiger partial charge on any atom is 0.233 e. The molecule has 0 spiro atoms. The van der Waals surface area contributed by atoms with Gasteiger partial charge in [0.1, 0.15) is 5.75 Å². The van der Waals surface area contributed by atoms with E-state index in [9.17, 15) is 4.79 Å². The zero-order valence-corrected chi connectivity index (χ0v) is 18.0. The Balaban J connectivity index is 2.00. The van der Waals surface area contributed by atoms with E-state index < -0.39 is 0 Å². The van der Waals surface area contributed by atoms with Crippen molar-refractivity contribution in [1.82, 2.24) is 5.32 Å². The van der Waals surface area contributed by atoms with Crippen molar-refractivity contribution in [2.75, 3.05) is 20.3 Å². The highest BCUT2D eigenvalue weighted by atomic mass is 32.2. The summed E-state index contributed by atoms with van der Waals surface area (Å²) in [4.78, 5) is 13.6. The smallest absolute Gasteiger partial charge is 0.233 e. The quantitative estimate of drug-likeness (QED) is 0.575. The maximum absolute atomic E-state index is 12.6. The van der Waals surface area contributed by atoms with Crippen LogP contribution in [0.3, 0.4) is 0 Å². The molecule has 0 aliphatic rings. The molecule has 2 aromatic rings. The number of carbonyl (C=O) groups is 1. The number of amides is 1. The molecule has 6 heteroatoms. The minimum atomic E-state index is -0.218. The van der Waals surface area contributed by atoms with Crippen LogP contribution in [-0.4, -0.2) is 31.5 Å². The van der Waals surface area contributed by atoms with Crippen LogP contribution in [0, 0.1) is 0 Å². The van der Waals surface area contributed by atoms with Crippen LogP contribution < -0.4 is 19.5 Å². The third-order valence-corrected chi connectivity index (χ3v) is 5.28. The Hall–Kier alpha value is -2.34. The van der Waals surface area contributed by atoms with Crippen molar-refractivity contribution in [2.45, 2.75) is 43.9 Å². The number of thioether (sulfide) groups is 1. The van der Waals surface area contributed by atoms with Crippen LogP contribution >= 0.6 is 11.8 Å². The van der Waals surface area contributed by atoms with Gasteiger partial charge in [-0.3, -0.25) is 4.79 Å². The molecule has 0 aromatic heterocycles. The molecule has 0 saturated carbocycles. The molecule has 28 heavy (non-hydrogen) atoms. The second kappa shape index (κ2) is 10.9. The summed E-state index contributed by atoms with van der Waals surface area (Å²) in [6.07, 6.45) is 0. The predicted molar refractivity (Wildman–Crippen MR) is 114 cm³/mol. The molecular weight excluding hydrogens is 374 g/mol. The molecule has 0 bridgehead atoms. The van der Waals surface area contributed by atoms with Crippen LogP contribution in [0.4, 0.5) is 0 Å². The van der Waals surface area contributed by atoms with Crippen LogP contribution in [0.25, 0.3) is 0 Å². The average Bonchev–Trinajstić information content (AvgIpc) is 2.70. The van der Waals surface area contributed by atoms with Crippen molar-refractivity contribution < 1.29 is 19.0 Å². The first-order valence-electron chi connectivity index (χ1n) is 9.49. The highest BCUT2D eigenvalue weighted by Gasteiger charge is 2.18. The van der Waals surface area contributed by atoms with E-state index >= 15 is 0 Å². The molecule has 0 aliphatic heterocycles. The fourth-order valence-electron chi connectivity index (χ4n) is 2.66. The van der Waals surface area contributed by atoms with E-state index in [2.05, 4.69) is 5.32 Å². The Morgan fingerprint density at radius 3 is 2.25 bits per heavy atom. The molecule has 1 N–H and O–H groups in total. The molecule has 0 unspecified atom stereocenters. The number of benzene rings is 2. The van der Waals surface area contributed by atoms with E-state index in [-0.39, 0.29) is 17.2 Å². The number of nitrogens with one attached hydrogen (secondary N) is 1. The summed E-state index contributed by atoms with van der Waals surface area (Å²) in [6, 6.07) is 13.3. The van der Waals surface area contributed by atoms with Gasteiger partial charge >= 0.3 is 0 Å². The first-order chi connectivity index (χ1) is 13.5. The Bertz CT molecular complexity index is 764. The lowest BCUT2D eigenvalue weighted by Gasteiger charge is -2.19. The van der Waals surface area contributed by atoms with Crippen molar-refractivity contribution in [3.8, 4) is 17.2 Å². The van der Waals surface area contributed by atoms with Crippen LogP contribution in [0.1, 0.15) is 39.3 Å². The molecular formula is C22H29NO4S. The lowest BCUT2D eigenvalue weighted by atomic mass is 10.1. The molecule has 5 nitrogen and oxygen atoms in total. The fourth-order valence-corrected chi connectivity index (χ4v) is 3.54. The van der Waals surface area contributed by atoms with Crippen molar-refractivity contribution in [2.24, 2.45) is 0 Å². The molecule has 2 aromatic carbocycles. The molecule has 152 valence electrons. The van der Waals surface area contributed by atoms with Gasteiger partial charge in [0, 0.05) is 4.90 Å². The van der Waals surface area contributed by atoms with Gasteiger partial charge in [0.2, 0.25) is 5.91 Å². The van der Waals surface area contributed by atoms with Crippen LogP contribution in [0.5, 0.6) is 17.2 Å². The third kappa shape index (κ3) is 6.09. The number of rotatable bonds is 10. The molecule has 0 radical (unpaired) electrons. The minimum absolute atomic E-state index is 0.0137. The first kappa shape index (κ1) is 22.0. The lowest BCUT2D eigenvalue weighted by molar-refractivity contribution is -0.120. The maximum atomic E-state index is 12.6. The fraction of sp³-hybridized carbons (Fsp3) is 0.409. The lowest BCUT2D eigenvalue weighted by Crippen LogP contribution is -2.33. The van der Waals surface area contributed by atoms with Gasteiger partial charge in [0.05, 0.1) is 31.6 Å². The van der Waals surface area contributed by atoms with Crippen molar-refractivity contribution in [3.63, 3.8) is 0 Å². The standard InChI is InChI=1S/C22H29NO4S/c1-6-26-20-13-8-17(14-21(20)27-7-2)15(3)23-22(24)16(4)28-19-11-9-18(25-5)10-12-19/h8-16H,6-7H2,1-5H3,(H,23,24)/t15-,16+/m1/s1. The number of carbonyl (C=O) groups excluding carboxylic acids is 1. The Kier molecular flexibility index (Phi) is 8.51. The highest BCUT2D eigenvalue weighted by molar-refractivity contribution is 8.00. The Morgan fingerprint density at radius 1 is 1.00 bits per heavy atom. The normalized spacial score (nSPS) is 12.8. The van der Waals surface area contributed by atoms with E-state index in [1.165, 1.54) is 11.8 Å².